The standard InChI is InChI=1S/C10H13N5O2S/c1-13-7-10(11-8-13)18(16,17)14-4-5-15-9(6-14)2-3-12-15/h2-3,7-8H,4-6H2,1H3. The van der Waals surface area contributed by atoms with E-state index >= 15 is 0 Å². The highest BCUT2D eigenvalue weighted by Crippen LogP contribution is 2.19. The molecular weight excluding hydrogens is 254 g/mol. The van der Waals surface area contributed by atoms with Crippen LogP contribution in [0.15, 0.2) is 29.8 Å². The highest BCUT2D eigenvalue weighted by atomic mass is 32.2. The maximum atomic E-state index is 12.4. The third-order valence-electron chi connectivity index (χ3n) is 2.99. The van der Waals surface area contributed by atoms with Gasteiger partial charge in [-0.1, -0.05) is 0 Å². The van der Waals surface area contributed by atoms with Crippen LogP contribution in [0.25, 0.3) is 0 Å². The number of hydrogen-bond donors (Lipinski definition) is 0. The number of sulfonamides is 1. The minimum absolute atomic E-state index is 0.0953. The second-order valence-corrected chi connectivity index (χ2v) is 6.15. The Labute approximate surface area is 105 Å². The molecule has 0 bridgehead atoms. The second-order valence-electron chi connectivity index (χ2n) is 4.26. The highest BCUT2D eigenvalue weighted by Gasteiger charge is 2.30. The van der Waals surface area contributed by atoms with Gasteiger partial charge in [-0.05, 0) is 6.07 Å². The molecule has 0 amide bonds. The third-order valence-corrected chi connectivity index (χ3v) is 4.72. The van der Waals surface area contributed by atoms with E-state index in [1.54, 1.807) is 17.8 Å². The van der Waals surface area contributed by atoms with Crippen LogP contribution in [-0.4, -0.2) is 38.6 Å². The molecule has 2 aromatic heterocycles. The Bertz CT molecular complexity index is 672. The van der Waals surface area contributed by atoms with E-state index in [-0.39, 0.29) is 5.03 Å². The monoisotopic (exact) mass is 267 g/mol. The van der Waals surface area contributed by atoms with Crippen LogP contribution in [0.4, 0.5) is 0 Å². The van der Waals surface area contributed by atoms with E-state index in [0.29, 0.717) is 19.6 Å². The van der Waals surface area contributed by atoms with Crippen LogP contribution in [0, 0.1) is 0 Å². The quantitative estimate of drug-likeness (QED) is 0.756. The van der Waals surface area contributed by atoms with Crippen molar-refractivity contribution in [2.45, 2.75) is 18.1 Å². The first-order valence-electron chi connectivity index (χ1n) is 5.56. The van der Waals surface area contributed by atoms with Gasteiger partial charge in [0.2, 0.25) is 0 Å². The predicted molar refractivity (Wildman–Crippen MR) is 63.0 cm³/mol. The zero-order chi connectivity index (χ0) is 12.8. The molecule has 0 radical (unpaired) electrons. The fourth-order valence-electron chi connectivity index (χ4n) is 2.02. The summed E-state index contributed by atoms with van der Waals surface area (Å²) in [6.45, 7) is 1.35. The largest absolute Gasteiger partial charge is 0.339 e. The van der Waals surface area contributed by atoms with Gasteiger partial charge in [-0.3, -0.25) is 4.68 Å². The lowest BCUT2D eigenvalue weighted by molar-refractivity contribution is 0.326. The van der Waals surface area contributed by atoms with E-state index in [9.17, 15) is 8.42 Å². The fraction of sp³-hybridized carbons (Fsp3) is 0.400. The predicted octanol–water partition coefficient (Wildman–Crippen LogP) is -0.179. The van der Waals surface area contributed by atoms with Crippen molar-refractivity contribution in [3.63, 3.8) is 0 Å². The van der Waals surface area contributed by atoms with E-state index in [2.05, 4.69) is 10.1 Å². The summed E-state index contributed by atoms with van der Waals surface area (Å²) in [6.07, 6.45) is 4.69. The van der Waals surface area contributed by atoms with E-state index in [4.69, 9.17) is 0 Å². The van der Waals surface area contributed by atoms with Crippen LogP contribution < -0.4 is 0 Å². The summed E-state index contributed by atoms with van der Waals surface area (Å²) in [5.74, 6) is 0. The summed E-state index contributed by atoms with van der Waals surface area (Å²) in [7, 11) is -1.75. The van der Waals surface area contributed by atoms with Gasteiger partial charge in [-0.25, -0.2) is 13.4 Å². The van der Waals surface area contributed by atoms with E-state index in [1.165, 1.54) is 16.8 Å². The molecule has 0 atom stereocenters. The van der Waals surface area contributed by atoms with Crippen LogP contribution >= 0.6 is 0 Å². The Balaban J connectivity index is 1.92. The fourth-order valence-corrected chi connectivity index (χ4v) is 3.39. The van der Waals surface area contributed by atoms with E-state index in [0.717, 1.165) is 5.69 Å². The number of hydrogen-bond acceptors (Lipinski definition) is 4. The van der Waals surface area contributed by atoms with Crippen molar-refractivity contribution in [3.05, 3.63) is 30.5 Å². The lowest BCUT2D eigenvalue weighted by Crippen LogP contribution is -2.38. The first kappa shape index (κ1) is 11.4. The molecule has 0 saturated heterocycles. The average molecular weight is 267 g/mol. The number of fused-ring (bicyclic) bond motifs is 1. The molecule has 2 aromatic rings. The van der Waals surface area contributed by atoms with Gasteiger partial charge in [0.15, 0.2) is 5.03 Å². The normalized spacial score (nSPS) is 16.7. The zero-order valence-corrected chi connectivity index (χ0v) is 10.7. The minimum Gasteiger partial charge on any atom is -0.339 e. The van der Waals surface area contributed by atoms with Crippen molar-refractivity contribution in [1.29, 1.82) is 0 Å². The number of aryl methyl sites for hydroxylation is 1. The van der Waals surface area contributed by atoms with Crippen LogP contribution in [0.5, 0.6) is 0 Å². The topological polar surface area (TPSA) is 73.0 Å². The molecule has 1 aliphatic rings. The van der Waals surface area contributed by atoms with Gasteiger partial charge in [0.1, 0.15) is 0 Å². The van der Waals surface area contributed by atoms with Crippen molar-refractivity contribution in [1.82, 2.24) is 23.6 Å². The SMILES string of the molecule is Cn1cnc(S(=O)(=O)N2CCn3nccc3C2)c1. The Kier molecular flexibility index (Phi) is 2.49. The van der Waals surface area contributed by atoms with Crippen molar-refractivity contribution in [2.24, 2.45) is 7.05 Å². The molecule has 0 fully saturated rings. The maximum Gasteiger partial charge on any atom is 0.262 e. The number of aromatic nitrogens is 4. The molecule has 0 N–H and O–H groups in total. The molecule has 18 heavy (non-hydrogen) atoms. The summed E-state index contributed by atoms with van der Waals surface area (Å²) in [5.41, 5.74) is 0.903. The Morgan fingerprint density at radius 1 is 1.33 bits per heavy atom. The van der Waals surface area contributed by atoms with Gasteiger partial charge in [0.05, 0.1) is 25.1 Å². The Hall–Kier alpha value is -1.67. The van der Waals surface area contributed by atoms with Crippen LogP contribution in [0.2, 0.25) is 0 Å². The molecule has 3 rings (SSSR count). The number of nitrogens with zero attached hydrogens (tertiary/aromatic N) is 5. The average Bonchev–Trinajstić information content (AvgIpc) is 2.96. The first-order valence-corrected chi connectivity index (χ1v) is 7.00. The summed E-state index contributed by atoms with van der Waals surface area (Å²) in [5, 5.41) is 4.22. The molecule has 0 aromatic carbocycles. The molecule has 0 saturated carbocycles. The zero-order valence-electron chi connectivity index (χ0n) is 9.89. The molecule has 7 nitrogen and oxygen atoms in total. The summed E-state index contributed by atoms with van der Waals surface area (Å²) < 4.78 is 29.6. The number of imidazole rings is 1. The van der Waals surface area contributed by atoms with Gasteiger partial charge >= 0.3 is 0 Å². The van der Waals surface area contributed by atoms with Crippen molar-refractivity contribution < 1.29 is 8.42 Å². The number of rotatable bonds is 2. The summed E-state index contributed by atoms with van der Waals surface area (Å²) in [6, 6.07) is 1.83. The maximum absolute atomic E-state index is 12.4. The van der Waals surface area contributed by atoms with Crippen LogP contribution in [0.3, 0.4) is 0 Å². The van der Waals surface area contributed by atoms with Crippen molar-refractivity contribution in [3.8, 4) is 0 Å². The van der Waals surface area contributed by atoms with Gasteiger partial charge in [0.25, 0.3) is 10.0 Å². The Morgan fingerprint density at radius 2 is 2.17 bits per heavy atom. The van der Waals surface area contributed by atoms with Crippen molar-refractivity contribution >= 4 is 10.0 Å². The molecule has 96 valence electrons. The van der Waals surface area contributed by atoms with Gasteiger partial charge in [-0.2, -0.15) is 9.40 Å². The smallest absolute Gasteiger partial charge is 0.262 e. The third kappa shape index (κ3) is 1.73. The molecule has 1 aliphatic heterocycles. The van der Waals surface area contributed by atoms with E-state index in [1.807, 2.05) is 10.7 Å². The second kappa shape index (κ2) is 3.92. The lowest BCUT2D eigenvalue weighted by atomic mass is 10.3. The summed E-state index contributed by atoms with van der Waals surface area (Å²) in [4.78, 5) is 3.92. The molecule has 0 spiro atoms. The molecule has 0 aliphatic carbocycles. The molecular formula is C10H13N5O2S. The Morgan fingerprint density at radius 3 is 2.89 bits per heavy atom. The first-order chi connectivity index (χ1) is 8.57. The molecule has 8 heteroatoms. The van der Waals surface area contributed by atoms with Crippen molar-refractivity contribution in [2.75, 3.05) is 6.54 Å². The van der Waals surface area contributed by atoms with E-state index < -0.39 is 10.0 Å². The molecule has 3 heterocycles. The molecule has 0 unspecified atom stereocenters. The summed E-state index contributed by atoms with van der Waals surface area (Å²) >= 11 is 0. The van der Waals surface area contributed by atoms with Crippen LogP contribution in [0.1, 0.15) is 5.69 Å². The van der Waals surface area contributed by atoms with Gasteiger partial charge in [-0.15, -0.1) is 0 Å². The van der Waals surface area contributed by atoms with Gasteiger partial charge < -0.3 is 4.57 Å². The van der Waals surface area contributed by atoms with Gasteiger partial charge in [0, 0.05) is 26.0 Å². The lowest BCUT2D eigenvalue weighted by Gasteiger charge is -2.26. The highest BCUT2D eigenvalue weighted by molar-refractivity contribution is 7.89. The van der Waals surface area contributed by atoms with Crippen LogP contribution in [-0.2, 0) is 30.2 Å². The minimum atomic E-state index is -3.50.